The molecule has 1 N–H and O–H groups in total. The summed E-state index contributed by atoms with van der Waals surface area (Å²) in [7, 11) is -1.93. The second-order valence-corrected chi connectivity index (χ2v) is 9.49. The standard InChI is InChI=1S/C20H21N5O3S/c1-24-16-9-11-25(12-15(16)19(23-24)22-20(26)14-7-8-14)29(27,28)17-6-2-4-13-5-3-10-21-18(13)17/h2-6,10,14H,7-9,11-12H2,1H3,(H,22,23,26). The molecule has 1 aromatic carbocycles. The van der Waals surface area contributed by atoms with Gasteiger partial charge in [-0.05, 0) is 25.0 Å². The summed E-state index contributed by atoms with van der Waals surface area (Å²) >= 11 is 0. The molecule has 0 spiro atoms. The number of para-hydroxylation sites is 1. The van der Waals surface area contributed by atoms with Gasteiger partial charge in [0.25, 0.3) is 0 Å². The van der Waals surface area contributed by atoms with Crippen molar-refractivity contribution in [1.29, 1.82) is 0 Å². The van der Waals surface area contributed by atoms with Crippen LogP contribution < -0.4 is 5.32 Å². The Kier molecular flexibility index (Phi) is 4.18. The summed E-state index contributed by atoms with van der Waals surface area (Å²) in [6, 6.07) is 8.82. The van der Waals surface area contributed by atoms with Gasteiger partial charge < -0.3 is 5.32 Å². The van der Waals surface area contributed by atoms with Crippen LogP contribution in [0.2, 0.25) is 0 Å². The molecular formula is C20H21N5O3S. The number of carbonyl (C=O) groups is 1. The maximum absolute atomic E-state index is 13.4. The predicted molar refractivity (Wildman–Crippen MR) is 108 cm³/mol. The van der Waals surface area contributed by atoms with E-state index in [-0.39, 0.29) is 23.3 Å². The first-order valence-corrected chi connectivity index (χ1v) is 11.1. The second-order valence-electron chi connectivity index (χ2n) is 7.58. The van der Waals surface area contributed by atoms with Gasteiger partial charge in [0.05, 0.1) is 5.52 Å². The van der Waals surface area contributed by atoms with Crippen LogP contribution in [-0.4, -0.2) is 39.9 Å². The molecule has 0 radical (unpaired) electrons. The molecule has 0 unspecified atom stereocenters. The molecule has 3 heterocycles. The van der Waals surface area contributed by atoms with Gasteiger partial charge in [-0.3, -0.25) is 14.5 Å². The zero-order valence-electron chi connectivity index (χ0n) is 16.0. The summed E-state index contributed by atoms with van der Waals surface area (Å²) in [5.41, 5.74) is 2.19. The maximum atomic E-state index is 13.4. The van der Waals surface area contributed by atoms with Gasteiger partial charge in [-0.2, -0.15) is 9.40 Å². The van der Waals surface area contributed by atoms with E-state index in [1.165, 1.54) is 4.31 Å². The molecule has 2 aromatic heterocycles. The zero-order chi connectivity index (χ0) is 20.2. The fourth-order valence-electron chi connectivity index (χ4n) is 3.86. The minimum Gasteiger partial charge on any atom is -0.309 e. The molecule has 8 nitrogen and oxygen atoms in total. The van der Waals surface area contributed by atoms with Crippen molar-refractivity contribution in [2.45, 2.75) is 30.7 Å². The number of nitrogens with one attached hydrogen (secondary N) is 1. The number of aromatic nitrogens is 3. The van der Waals surface area contributed by atoms with Crippen molar-refractivity contribution >= 4 is 32.7 Å². The van der Waals surface area contributed by atoms with Crippen molar-refractivity contribution in [2.75, 3.05) is 11.9 Å². The summed E-state index contributed by atoms with van der Waals surface area (Å²) in [4.78, 5) is 16.7. The maximum Gasteiger partial charge on any atom is 0.245 e. The van der Waals surface area contributed by atoms with E-state index in [1.54, 1.807) is 29.1 Å². The van der Waals surface area contributed by atoms with Gasteiger partial charge in [-0.15, -0.1) is 0 Å². The largest absolute Gasteiger partial charge is 0.309 e. The number of benzene rings is 1. The third-order valence-corrected chi connectivity index (χ3v) is 7.49. The predicted octanol–water partition coefficient (Wildman–Crippen LogP) is 2.06. The van der Waals surface area contributed by atoms with Crippen LogP contribution in [0, 0.1) is 5.92 Å². The first-order chi connectivity index (χ1) is 13.9. The van der Waals surface area contributed by atoms with Crippen molar-refractivity contribution in [3.05, 3.63) is 47.8 Å². The molecule has 3 aromatic rings. The van der Waals surface area contributed by atoms with Gasteiger partial charge >= 0.3 is 0 Å². The van der Waals surface area contributed by atoms with Crippen LogP contribution in [0.5, 0.6) is 0 Å². The number of nitrogens with zero attached hydrogens (tertiary/aromatic N) is 4. The first kappa shape index (κ1) is 18.3. The van der Waals surface area contributed by atoms with Crippen molar-refractivity contribution in [1.82, 2.24) is 19.1 Å². The van der Waals surface area contributed by atoms with Crippen LogP contribution in [0.1, 0.15) is 24.1 Å². The summed E-state index contributed by atoms with van der Waals surface area (Å²) < 4.78 is 30.1. The van der Waals surface area contributed by atoms with E-state index >= 15 is 0 Å². The number of rotatable bonds is 4. The average molecular weight is 411 g/mol. The average Bonchev–Trinajstić information content (AvgIpc) is 3.53. The minimum absolute atomic E-state index is 0.0378. The fraction of sp³-hybridized carbons (Fsp3) is 0.350. The first-order valence-electron chi connectivity index (χ1n) is 9.64. The molecule has 1 fully saturated rings. The lowest BCUT2D eigenvalue weighted by atomic mass is 10.1. The molecule has 0 atom stereocenters. The van der Waals surface area contributed by atoms with Crippen LogP contribution in [-0.2, 0) is 34.8 Å². The Labute approximate surface area is 168 Å². The Balaban J connectivity index is 1.50. The summed E-state index contributed by atoms with van der Waals surface area (Å²) in [6.07, 6.45) is 3.93. The highest BCUT2D eigenvalue weighted by molar-refractivity contribution is 7.89. The van der Waals surface area contributed by atoms with Gasteiger partial charge in [0, 0.05) is 55.3 Å². The van der Waals surface area contributed by atoms with Crippen LogP contribution in [0.4, 0.5) is 5.82 Å². The fourth-order valence-corrected chi connectivity index (χ4v) is 5.44. The third-order valence-electron chi connectivity index (χ3n) is 5.61. The van der Waals surface area contributed by atoms with Crippen molar-refractivity contribution in [2.24, 2.45) is 13.0 Å². The van der Waals surface area contributed by atoms with Gasteiger partial charge in [0.2, 0.25) is 15.9 Å². The molecule has 2 aliphatic rings. The number of carbonyl (C=O) groups excluding carboxylic acids is 1. The normalized spacial score (nSPS) is 17.3. The van der Waals surface area contributed by atoms with Crippen LogP contribution >= 0.6 is 0 Å². The lowest BCUT2D eigenvalue weighted by Gasteiger charge is -2.27. The zero-order valence-corrected chi connectivity index (χ0v) is 16.8. The Morgan fingerprint density at radius 2 is 2.00 bits per heavy atom. The van der Waals surface area contributed by atoms with Crippen molar-refractivity contribution in [3.63, 3.8) is 0 Å². The van der Waals surface area contributed by atoms with Crippen molar-refractivity contribution < 1.29 is 13.2 Å². The Morgan fingerprint density at radius 1 is 1.21 bits per heavy atom. The molecule has 1 amide bonds. The molecule has 0 saturated heterocycles. The van der Waals surface area contributed by atoms with Gasteiger partial charge in [-0.1, -0.05) is 18.2 Å². The molecule has 1 saturated carbocycles. The highest BCUT2D eigenvalue weighted by Crippen LogP contribution is 2.34. The highest BCUT2D eigenvalue weighted by atomic mass is 32.2. The molecular weight excluding hydrogens is 390 g/mol. The van der Waals surface area contributed by atoms with E-state index in [1.807, 2.05) is 19.2 Å². The van der Waals surface area contributed by atoms with E-state index in [0.717, 1.165) is 29.5 Å². The highest BCUT2D eigenvalue weighted by Gasteiger charge is 2.35. The lowest BCUT2D eigenvalue weighted by Crippen LogP contribution is -2.36. The van der Waals surface area contributed by atoms with E-state index in [4.69, 9.17) is 0 Å². The smallest absolute Gasteiger partial charge is 0.245 e. The molecule has 9 heteroatoms. The van der Waals surface area contributed by atoms with Crippen LogP contribution in [0.25, 0.3) is 10.9 Å². The van der Waals surface area contributed by atoms with E-state index in [9.17, 15) is 13.2 Å². The SMILES string of the molecule is Cn1nc(NC(=O)C2CC2)c2c1CCN(S(=O)(=O)c1cccc3cccnc13)C2. The Bertz CT molecular complexity index is 1220. The third kappa shape index (κ3) is 3.10. The summed E-state index contributed by atoms with van der Waals surface area (Å²) in [5, 5.41) is 8.10. The number of anilines is 1. The van der Waals surface area contributed by atoms with Gasteiger partial charge in [-0.25, -0.2) is 8.42 Å². The number of pyridine rings is 1. The van der Waals surface area contributed by atoms with Crippen LogP contribution in [0.3, 0.4) is 0 Å². The van der Waals surface area contributed by atoms with Gasteiger partial charge in [0.15, 0.2) is 5.82 Å². The summed E-state index contributed by atoms with van der Waals surface area (Å²) in [6.45, 7) is 0.531. The number of amides is 1. The quantitative estimate of drug-likeness (QED) is 0.709. The lowest BCUT2D eigenvalue weighted by molar-refractivity contribution is -0.117. The molecule has 0 bridgehead atoms. The Morgan fingerprint density at radius 3 is 2.79 bits per heavy atom. The number of fused-ring (bicyclic) bond motifs is 2. The number of hydrogen-bond acceptors (Lipinski definition) is 5. The molecule has 1 aliphatic carbocycles. The van der Waals surface area contributed by atoms with E-state index in [2.05, 4.69) is 15.4 Å². The second kappa shape index (κ2) is 6.64. The number of sulfonamides is 1. The molecule has 1 aliphatic heterocycles. The molecule has 29 heavy (non-hydrogen) atoms. The molecule has 150 valence electrons. The topological polar surface area (TPSA) is 97.2 Å². The van der Waals surface area contributed by atoms with Gasteiger partial charge in [0.1, 0.15) is 4.90 Å². The van der Waals surface area contributed by atoms with Crippen molar-refractivity contribution in [3.8, 4) is 0 Å². The van der Waals surface area contributed by atoms with E-state index in [0.29, 0.717) is 24.3 Å². The van der Waals surface area contributed by atoms with Crippen LogP contribution in [0.15, 0.2) is 41.4 Å². The summed E-state index contributed by atoms with van der Waals surface area (Å²) in [5.74, 6) is 0.484. The van der Waals surface area contributed by atoms with E-state index < -0.39 is 10.0 Å². The monoisotopic (exact) mass is 411 g/mol. The Hall–Kier alpha value is -2.78. The number of aryl methyl sites for hydroxylation is 1. The number of hydrogen-bond donors (Lipinski definition) is 1. The minimum atomic E-state index is -3.75. The molecule has 5 rings (SSSR count).